The smallest absolute Gasteiger partial charge is 0.225 e. The van der Waals surface area contributed by atoms with Crippen LogP contribution < -0.4 is 9.80 Å². The van der Waals surface area contributed by atoms with Gasteiger partial charge in [-0.25, -0.2) is 15.0 Å². The van der Waals surface area contributed by atoms with E-state index in [0.29, 0.717) is 12.6 Å². The summed E-state index contributed by atoms with van der Waals surface area (Å²) in [6, 6.07) is 2.47. The summed E-state index contributed by atoms with van der Waals surface area (Å²) in [4.78, 5) is 20.3. The van der Waals surface area contributed by atoms with E-state index in [1.165, 1.54) is 11.5 Å². The zero-order valence-electron chi connectivity index (χ0n) is 13.7. The molecule has 2 saturated heterocycles. The van der Waals surface area contributed by atoms with Crippen LogP contribution >= 0.6 is 11.5 Å². The molecular weight excluding hydrogens is 326 g/mol. The second kappa shape index (κ2) is 6.96. The summed E-state index contributed by atoms with van der Waals surface area (Å²) in [6.45, 7) is 6.63. The van der Waals surface area contributed by atoms with Crippen molar-refractivity contribution in [3.05, 3.63) is 24.3 Å². The van der Waals surface area contributed by atoms with Gasteiger partial charge >= 0.3 is 0 Å². The van der Waals surface area contributed by atoms with Gasteiger partial charge in [-0.05, 0) is 6.07 Å². The van der Waals surface area contributed by atoms with E-state index in [2.05, 4.69) is 34.0 Å². The van der Waals surface area contributed by atoms with Gasteiger partial charge in [0, 0.05) is 76.3 Å². The summed E-state index contributed by atoms with van der Waals surface area (Å²) < 4.78 is 9.40. The molecule has 0 radical (unpaired) electrons. The van der Waals surface area contributed by atoms with E-state index in [1.54, 1.807) is 19.5 Å². The Hall–Kier alpha value is -1.84. The van der Waals surface area contributed by atoms with Crippen LogP contribution in [0.25, 0.3) is 0 Å². The van der Waals surface area contributed by atoms with Gasteiger partial charge in [0.1, 0.15) is 6.61 Å². The fourth-order valence-corrected chi connectivity index (χ4v) is 3.84. The molecule has 24 heavy (non-hydrogen) atoms. The number of piperazine rings is 1. The van der Waals surface area contributed by atoms with Crippen LogP contribution in [0.4, 0.5) is 11.1 Å². The van der Waals surface area contributed by atoms with Crippen LogP contribution in [0.3, 0.4) is 0 Å². The van der Waals surface area contributed by atoms with Gasteiger partial charge in [-0.15, -0.1) is 0 Å². The molecular formula is C15H21N7OS. The van der Waals surface area contributed by atoms with Crippen molar-refractivity contribution in [3.63, 3.8) is 0 Å². The van der Waals surface area contributed by atoms with Crippen molar-refractivity contribution < 1.29 is 4.74 Å². The Kier molecular flexibility index (Phi) is 4.54. The van der Waals surface area contributed by atoms with E-state index in [1.807, 2.05) is 6.07 Å². The maximum atomic E-state index is 5.08. The minimum atomic E-state index is 0.483. The third-order valence-electron chi connectivity index (χ3n) is 4.53. The standard InChI is InChI=1S/C15H21N7OS/c1-23-11-13-18-15(24-19-13)22-9-12(10-22)20-5-7-21(8-6-20)14-16-3-2-4-17-14/h2-4,12H,5-11H2,1H3. The van der Waals surface area contributed by atoms with E-state index in [-0.39, 0.29) is 0 Å². The van der Waals surface area contributed by atoms with Crippen molar-refractivity contribution in [2.45, 2.75) is 12.6 Å². The third kappa shape index (κ3) is 3.19. The molecule has 9 heteroatoms. The van der Waals surface area contributed by atoms with Crippen LogP contribution in [0.1, 0.15) is 5.82 Å². The molecule has 2 aromatic heterocycles. The molecule has 0 atom stereocenters. The van der Waals surface area contributed by atoms with Crippen LogP contribution in [-0.2, 0) is 11.3 Å². The maximum absolute atomic E-state index is 5.08. The molecule has 2 fully saturated rings. The van der Waals surface area contributed by atoms with E-state index in [4.69, 9.17) is 4.74 Å². The van der Waals surface area contributed by atoms with Gasteiger partial charge in [0.15, 0.2) is 5.82 Å². The second-order valence-corrected chi connectivity index (χ2v) is 6.79. The van der Waals surface area contributed by atoms with Crippen molar-refractivity contribution in [1.29, 1.82) is 0 Å². The summed E-state index contributed by atoms with van der Waals surface area (Å²) in [5, 5.41) is 1.01. The van der Waals surface area contributed by atoms with E-state index in [9.17, 15) is 0 Å². The van der Waals surface area contributed by atoms with Gasteiger partial charge in [-0.2, -0.15) is 4.37 Å². The van der Waals surface area contributed by atoms with Crippen LogP contribution in [-0.4, -0.2) is 76.6 Å². The highest BCUT2D eigenvalue weighted by atomic mass is 32.1. The molecule has 4 heterocycles. The Morgan fingerprint density at radius 1 is 1.12 bits per heavy atom. The van der Waals surface area contributed by atoms with Gasteiger partial charge in [-0.3, -0.25) is 4.90 Å². The van der Waals surface area contributed by atoms with E-state index < -0.39 is 0 Å². The molecule has 0 spiro atoms. The predicted octanol–water partition coefficient (Wildman–Crippen LogP) is 0.485. The highest BCUT2D eigenvalue weighted by Gasteiger charge is 2.35. The normalized spacial score (nSPS) is 19.5. The molecule has 0 unspecified atom stereocenters. The molecule has 2 aliphatic rings. The summed E-state index contributed by atoms with van der Waals surface area (Å²) in [5.74, 6) is 1.62. The predicted molar refractivity (Wildman–Crippen MR) is 92.4 cm³/mol. The average molecular weight is 347 g/mol. The number of methoxy groups -OCH3 is 1. The molecule has 128 valence electrons. The number of ether oxygens (including phenoxy) is 1. The van der Waals surface area contributed by atoms with Gasteiger partial charge in [0.25, 0.3) is 0 Å². The Labute approximate surface area is 145 Å². The first-order valence-electron chi connectivity index (χ1n) is 8.16. The summed E-state index contributed by atoms with van der Waals surface area (Å²) >= 11 is 1.46. The first kappa shape index (κ1) is 15.7. The lowest BCUT2D eigenvalue weighted by Gasteiger charge is -2.47. The quantitative estimate of drug-likeness (QED) is 0.774. The van der Waals surface area contributed by atoms with Crippen molar-refractivity contribution in [3.8, 4) is 0 Å². The molecule has 0 aromatic carbocycles. The highest BCUT2D eigenvalue weighted by Crippen LogP contribution is 2.26. The van der Waals surface area contributed by atoms with Crippen molar-refractivity contribution in [2.75, 3.05) is 56.2 Å². The van der Waals surface area contributed by atoms with Crippen molar-refractivity contribution >= 4 is 22.6 Å². The lowest BCUT2D eigenvalue weighted by atomic mass is 10.1. The van der Waals surface area contributed by atoms with E-state index >= 15 is 0 Å². The van der Waals surface area contributed by atoms with Gasteiger partial charge in [0.2, 0.25) is 11.1 Å². The van der Waals surface area contributed by atoms with E-state index in [0.717, 1.165) is 56.2 Å². The highest BCUT2D eigenvalue weighted by molar-refractivity contribution is 7.09. The van der Waals surface area contributed by atoms with Crippen LogP contribution in [0, 0.1) is 0 Å². The topological polar surface area (TPSA) is 70.5 Å². The largest absolute Gasteiger partial charge is 0.377 e. The number of rotatable bonds is 5. The molecule has 0 saturated carbocycles. The summed E-state index contributed by atoms with van der Waals surface area (Å²) in [6.07, 6.45) is 3.61. The minimum Gasteiger partial charge on any atom is -0.377 e. The molecule has 8 nitrogen and oxygen atoms in total. The fraction of sp³-hybridized carbons (Fsp3) is 0.600. The average Bonchev–Trinajstić information content (AvgIpc) is 3.04. The monoisotopic (exact) mass is 347 g/mol. The maximum Gasteiger partial charge on any atom is 0.225 e. The number of nitrogens with zero attached hydrogens (tertiary/aromatic N) is 7. The molecule has 4 rings (SSSR count). The number of aromatic nitrogens is 4. The van der Waals surface area contributed by atoms with Gasteiger partial charge in [-0.1, -0.05) is 0 Å². The van der Waals surface area contributed by atoms with Crippen LogP contribution in [0.15, 0.2) is 18.5 Å². The first-order chi connectivity index (χ1) is 11.8. The molecule has 2 aromatic rings. The lowest BCUT2D eigenvalue weighted by molar-refractivity contribution is 0.156. The Balaban J connectivity index is 1.26. The fourth-order valence-electron chi connectivity index (χ4n) is 3.14. The Bertz CT molecular complexity index is 653. The SMILES string of the molecule is COCc1nsc(N2CC(N3CCN(c4ncccn4)CC3)C2)n1. The zero-order valence-corrected chi connectivity index (χ0v) is 14.5. The Morgan fingerprint density at radius 2 is 1.88 bits per heavy atom. The van der Waals surface area contributed by atoms with Crippen molar-refractivity contribution in [2.24, 2.45) is 0 Å². The number of anilines is 2. The zero-order chi connectivity index (χ0) is 16.4. The molecule has 0 N–H and O–H groups in total. The summed E-state index contributed by atoms with van der Waals surface area (Å²) in [5.41, 5.74) is 0. The van der Waals surface area contributed by atoms with Crippen LogP contribution in [0.2, 0.25) is 0 Å². The molecule has 0 aliphatic carbocycles. The second-order valence-electron chi connectivity index (χ2n) is 6.06. The van der Waals surface area contributed by atoms with Crippen molar-refractivity contribution in [1.82, 2.24) is 24.2 Å². The third-order valence-corrected chi connectivity index (χ3v) is 5.34. The first-order valence-corrected chi connectivity index (χ1v) is 8.93. The number of hydrogen-bond acceptors (Lipinski definition) is 9. The lowest BCUT2D eigenvalue weighted by Crippen LogP contribution is -2.63. The minimum absolute atomic E-state index is 0.483. The summed E-state index contributed by atoms with van der Waals surface area (Å²) in [7, 11) is 1.67. The number of hydrogen-bond donors (Lipinski definition) is 0. The molecule has 0 bridgehead atoms. The molecule has 0 amide bonds. The van der Waals surface area contributed by atoms with Gasteiger partial charge in [0.05, 0.1) is 0 Å². The van der Waals surface area contributed by atoms with Gasteiger partial charge < -0.3 is 14.5 Å². The molecule has 2 aliphatic heterocycles. The Morgan fingerprint density at radius 3 is 2.58 bits per heavy atom. The van der Waals surface area contributed by atoms with Crippen LogP contribution in [0.5, 0.6) is 0 Å².